The van der Waals surface area contributed by atoms with Crippen molar-refractivity contribution in [1.82, 2.24) is 5.32 Å². The summed E-state index contributed by atoms with van der Waals surface area (Å²) in [5.41, 5.74) is 0.0480. The molecule has 0 aromatic heterocycles. The summed E-state index contributed by atoms with van der Waals surface area (Å²) in [6.45, 7) is 4.42. The van der Waals surface area contributed by atoms with Crippen molar-refractivity contribution < 1.29 is 4.79 Å². The Morgan fingerprint density at radius 3 is 2.38 bits per heavy atom. The summed E-state index contributed by atoms with van der Waals surface area (Å²) in [6, 6.07) is 0.459. The Hall–Kier alpha value is -0.530. The smallest absolute Gasteiger partial charge is 0.228 e. The summed E-state index contributed by atoms with van der Waals surface area (Å²) in [7, 11) is 0. The number of carbonyl (C=O) groups is 1. The van der Waals surface area contributed by atoms with Crippen molar-refractivity contribution in [3.05, 3.63) is 0 Å². The summed E-state index contributed by atoms with van der Waals surface area (Å²) < 4.78 is 0. The highest BCUT2D eigenvalue weighted by molar-refractivity contribution is 5.90. The molecule has 0 aromatic carbocycles. The van der Waals surface area contributed by atoms with Crippen LogP contribution in [0.4, 0.5) is 0 Å². The first-order chi connectivity index (χ1) is 6.17. The van der Waals surface area contributed by atoms with E-state index in [0.717, 1.165) is 12.8 Å². The molecule has 13 heavy (non-hydrogen) atoms. The van der Waals surface area contributed by atoms with Crippen molar-refractivity contribution in [1.29, 1.82) is 0 Å². The minimum Gasteiger partial charge on any atom is -0.351 e. The summed E-state index contributed by atoms with van der Waals surface area (Å²) in [5.74, 6) is 0.918. The molecule has 2 heteroatoms. The predicted octanol–water partition coefficient (Wildman–Crippen LogP) is 2.09. The maximum Gasteiger partial charge on any atom is 0.228 e. The molecule has 1 aliphatic carbocycles. The third-order valence-corrected chi connectivity index (χ3v) is 3.75. The van der Waals surface area contributed by atoms with E-state index in [2.05, 4.69) is 19.2 Å². The summed E-state index contributed by atoms with van der Waals surface area (Å²) in [4.78, 5) is 11.6. The minimum absolute atomic E-state index is 0.0480. The number of hydrogen-bond acceptors (Lipinski definition) is 1. The number of rotatable bonds is 1. The van der Waals surface area contributed by atoms with E-state index in [1.165, 1.54) is 19.3 Å². The largest absolute Gasteiger partial charge is 0.351 e. The van der Waals surface area contributed by atoms with Gasteiger partial charge in [0.25, 0.3) is 0 Å². The number of β-lactam (4-membered cyclic amide) rings is 1. The van der Waals surface area contributed by atoms with E-state index in [9.17, 15) is 4.79 Å². The van der Waals surface area contributed by atoms with Crippen LogP contribution in [0, 0.1) is 11.3 Å². The minimum atomic E-state index is 0.0480. The van der Waals surface area contributed by atoms with Gasteiger partial charge in [-0.05, 0) is 18.8 Å². The SMILES string of the molecule is CC(C)C1NC(=O)C12CCCCC2. The van der Waals surface area contributed by atoms with Gasteiger partial charge >= 0.3 is 0 Å². The number of amides is 1. The van der Waals surface area contributed by atoms with Crippen LogP contribution >= 0.6 is 0 Å². The van der Waals surface area contributed by atoms with E-state index in [-0.39, 0.29) is 5.41 Å². The Balaban J connectivity index is 2.13. The van der Waals surface area contributed by atoms with Crippen molar-refractivity contribution >= 4 is 5.91 Å². The standard InChI is InChI=1S/C11H19NO/c1-8(2)9-11(10(13)12-9)6-4-3-5-7-11/h8-9H,3-7H2,1-2H3,(H,12,13). The van der Waals surface area contributed by atoms with Crippen molar-refractivity contribution in [2.75, 3.05) is 0 Å². The highest BCUT2D eigenvalue weighted by Gasteiger charge is 2.55. The van der Waals surface area contributed by atoms with Crippen molar-refractivity contribution in [2.24, 2.45) is 11.3 Å². The second-order valence-electron chi connectivity index (χ2n) is 4.91. The van der Waals surface area contributed by atoms with Gasteiger partial charge in [-0.3, -0.25) is 4.79 Å². The van der Waals surface area contributed by atoms with Gasteiger partial charge in [0.2, 0.25) is 5.91 Å². The molecule has 1 saturated heterocycles. The third-order valence-electron chi connectivity index (χ3n) is 3.75. The summed E-state index contributed by atoms with van der Waals surface area (Å²) >= 11 is 0. The molecular formula is C11H19NO. The molecule has 74 valence electrons. The second-order valence-corrected chi connectivity index (χ2v) is 4.91. The third kappa shape index (κ3) is 1.18. The first-order valence-electron chi connectivity index (χ1n) is 5.48. The van der Waals surface area contributed by atoms with E-state index in [1.54, 1.807) is 0 Å². The van der Waals surface area contributed by atoms with Crippen molar-refractivity contribution in [2.45, 2.75) is 52.0 Å². The lowest BCUT2D eigenvalue weighted by Crippen LogP contribution is -2.69. The molecule has 2 rings (SSSR count). The second kappa shape index (κ2) is 3.00. The molecule has 1 saturated carbocycles. The normalized spacial score (nSPS) is 31.6. The zero-order valence-corrected chi connectivity index (χ0v) is 8.60. The molecule has 1 N–H and O–H groups in total. The molecule has 1 spiro atoms. The van der Waals surface area contributed by atoms with E-state index in [1.807, 2.05) is 0 Å². The first kappa shape index (κ1) is 9.04. The molecule has 2 aliphatic rings. The average Bonchev–Trinajstić information content (AvgIpc) is 2.15. The van der Waals surface area contributed by atoms with Crippen LogP contribution in [0.25, 0.3) is 0 Å². The van der Waals surface area contributed by atoms with Crippen LogP contribution in [-0.4, -0.2) is 11.9 Å². The number of hydrogen-bond donors (Lipinski definition) is 1. The Bertz CT molecular complexity index is 216. The quantitative estimate of drug-likeness (QED) is 0.617. The van der Waals surface area contributed by atoms with Crippen LogP contribution in [0.3, 0.4) is 0 Å². The van der Waals surface area contributed by atoms with Crippen LogP contribution < -0.4 is 5.32 Å². The fourth-order valence-electron chi connectivity index (χ4n) is 3.01. The van der Waals surface area contributed by atoms with Gasteiger partial charge < -0.3 is 5.32 Å². The summed E-state index contributed by atoms with van der Waals surface area (Å²) in [5, 5.41) is 3.06. The molecule has 2 fully saturated rings. The molecule has 1 unspecified atom stereocenters. The zero-order valence-electron chi connectivity index (χ0n) is 8.60. The van der Waals surface area contributed by atoms with E-state index in [4.69, 9.17) is 0 Å². The Kier molecular flexibility index (Phi) is 2.09. The molecule has 0 bridgehead atoms. The molecule has 0 aromatic rings. The highest BCUT2D eigenvalue weighted by Crippen LogP contribution is 2.47. The van der Waals surface area contributed by atoms with Gasteiger partial charge in [0.1, 0.15) is 0 Å². The maximum atomic E-state index is 11.6. The molecule has 1 atom stereocenters. The van der Waals surface area contributed by atoms with Crippen LogP contribution in [0.2, 0.25) is 0 Å². The van der Waals surface area contributed by atoms with Gasteiger partial charge in [-0.25, -0.2) is 0 Å². The Morgan fingerprint density at radius 2 is 1.92 bits per heavy atom. The monoisotopic (exact) mass is 181 g/mol. The van der Waals surface area contributed by atoms with Gasteiger partial charge in [0, 0.05) is 6.04 Å². The van der Waals surface area contributed by atoms with Crippen LogP contribution in [0.1, 0.15) is 46.0 Å². The van der Waals surface area contributed by atoms with Crippen molar-refractivity contribution in [3.63, 3.8) is 0 Å². The van der Waals surface area contributed by atoms with Crippen molar-refractivity contribution in [3.8, 4) is 0 Å². The van der Waals surface area contributed by atoms with E-state index in [0.29, 0.717) is 17.9 Å². The molecule has 0 radical (unpaired) electrons. The molecule has 1 amide bonds. The molecular weight excluding hydrogens is 162 g/mol. The number of carbonyl (C=O) groups excluding carboxylic acids is 1. The van der Waals surface area contributed by atoms with Gasteiger partial charge in [0.15, 0.2) is 0 Å². The lowest BCUT2D eigenvalue weighted by atomic mass is 9.60. The van der Waals surface area contributed by atoms with E-state index >= 15 is 0 Å². The summed E-state index contributed by atoms with van der Waals surface area (Å²) in [6.07, 6.45) is 6.07. The van der Waals surface area contributed by atoms with Gasteiger partial charge in [-0.15, -0.1) is 0 Å². The Morgan fingerprint density at radius 1 is 1.31 bits per heavy atom. The van der Waals surface area contributed by atoms with Crippen LogP contribution in [-0.2, 0) is 4.79 Å². The topological polar surface area (TPSA) is 29.1 Å². The maximum absolute atomic E-state index is 11.6. The van der Waals surface area contributed by atoms with E-state index < -0.39 is 0 Å². The zero-order chi connectivity index (χ0) is 9.47. The number of nitrogens with one attached hydrogen (secondary N) is 1. The fraction of sp³-hybridized carbons (Fsp3) is 0.909. The Labute approximate surface area is 80.1 Å². The fourth-order valence-corrected chi connectivity index (χ4v) is 3.01. The highest BCUT2D eigenvalue weighted by atomic mass is 16.2. The van der Waals surface area contributed by atoms with Gasteiger partial charge in [-0.2, -0.15) is 0 Å². The van der Waals surface area contributed by atoms with Gasteiger partial charge in [0.05, 0.1) is 5.41 Å². The lowest BCUT2D eigenvalue weighted by molar-refractivity contribution is -0.151. The lowest BCUT2D eigenvalue weighted by Gasteiger charge is -2.52. The van der Waals surface area contributed by atoms with Gasteiger partial charge in [-0.1, -0.05) is 33.1 Å². The van der Waals surface area contributed by atoms with Crippen LogP contribution in [0.15, 0.2) is 0 Å². The first-order valence-corrected chi connectivity index (χ1v) is 5.48. The molecule has 2 nitrogen and oxygen atoms in total. The molecule has 1 heterocycles. The predicted molar refractivity (Wildman–Crippen MR) is 52.3 cm³/mol. The van der Waals surface area contributed by atoms with Crippen LogP contribution in [0.5, 0.6) is 0 Å². The average molecular weight is 181 g/mol. The molecule has 1 aliphatic heterocycles.